The fourth-order valence-electron chi connectivity index (χ4n) is 1.82. The number of hydrogen-bond donors (Lipinski definition) is 0. The first kappa shape index (κ1) is 11.6. The fourth-order valence-corrected chi connectivity index (χ4v) is 3.52. The van der Waals surface area contributed by atoms with Gasteiger partial charge < -0.3 is 4.90 Å². The topological polar surface area (TPSA) is 63.2 Å². The van der Waals surface area contributed by atoms with Crippen LogP contribution in [-0.2, 0) is 9.84 Å². The zero-order valence-electron chi connectivity index (χ0n) is 8.80. The van der Waals surface area contributed by atoms with Gasteiger partial charge in [-0.1, -0.05) is 11.6 Å². The Balaban J connectivity index is 2.24. The Labute approximate surface area is 99.4 Å². The molecule has 7 heteroatoms. The van der Waals surface area contributed by atoms with Crippen molar-refractivity contribution in [3.63, 3.8) is 0 Å². The van der Waals surface area contributed by atoms with Crippen LogP contribution in [-0.4, -0.2) is 42.5 Å². The molecule has 0 N–H and O–H groups in total. The van der Waals surface area contributed by atoms with Gasteiger partial charge in [0.15, 0.2) is 9.84 Å². The highest BCUT2D eigenvalue weighted by atomic mass is 35.5. The number of rotatable bonds is 1. The molecule has 1 aliphatic heterocycles. The van der Waals surface area contributed by atoms with Gasteiger partial charge in [0.1, 0.15) is 17.3 Å². The second-order valence-electron chi connectivity index (χ2n) is 3.86. The minimum absolute atomic E-state index is 0.0790. The lowest BCUT2D eigenvalue weighted by Crippen LogP contribution is -2.47. The molecular weight excluding hydrogens is 250 g/mol. The Bertz CT molecular complexity index is 491. The summed E-state index contributed by atoms with van der Waals surface area (Å²) in [5, 5.41) is 0.366. The fraction of sp³-hybridized carbons (Fsp3) is 0.556. The monoisotopic (exact) mass is 261 g/mol. The molecule has 88 valence electrons. The molecule has 0 bridgehead atoms. The summed E-state index contributed by atoms with van der Waals surface area (Å²) >= 11 is 5.77. The van der Waals surface area contributed by atoms with Gasteiger partial charge in [0, 0.05) is 18.7 Å². The van der Waals surface area contributed by atoms with Crippen molar-refractivity contribution < 1.29 is 8.42 Å². The Hall–Kier alpha value is -0.880. The van der Waals surface area contributed by atoms with Crippen LogP contribution >= 0.6 is 11.6 Å². The zero-order valence-corrected chi connectivity index (χ0v) is 10.4. The molecule has 0 amide bonds. The van der Waals surface area contributed by atoms with Crippen molar-refractivity contribution in [3.05, 3.63) is 17.5 Å². The van der Waals surface area contributed by atoms with Gasteiger partial charge in [-0.25, -0.2) is 18.4 Å². The molecule has 2 rings (SSSR count). The van der Waals surface area contributed by atoms with Gasteiger partial charge in [0.05, 0.1) is 11.5 Å². The van der Waals surface area contributed by atoms with E-state index in [2.05, 4.69) is 9.97 Å². The first-order valence-corrected chi connectivity index (χ1v) is 7.12. The molecule has 16 heavy (non-hydrogen) atoms. The standard InChI is InChI=1S/C9H12ClN3O2S/c1-7-5-16(14,15)3-2-13(7)9-4-8(10)11-6-12-9/h4,6-7H,2-3,5H2,1H3. The second-order valence-corrected chi connectivity index (χ2v) is 6.47. The van der Waals surface area contributed by atoms with Crippen LogP contribution in [0, 0.1) is 0 Å². The average molecular weight is 262 g/mol. The van der Waals surface area contributed by atoms with E-state index in [4.69, 9.17) is 11.6 Å². The largest absolute Gasteiger partial charge is 0.352 e. The highest BCUT2D eigenvalue weighted by molar-refractivity contribution is 7.91. The summed E-state index contributed by atoms with van der Waals surface area (Å²) in [5.74, 6) is 1.01. The molecular formula is C9H12ClN3O2S. The summed E-state index contributed by atoms with van der Waals surface area (Å²) in [4.78, 5) is 9.83. The Morgan fingerprint density at radius 2 is 2.25 bits per heavy atom. The lowest BCUT2D eigenvalue weighted by molar-refractivity contribution is 0.566. The maximum Gasteiger partial charge on any atom is 0.154 e. The van der Waals surface area contributed by atoms with Crippen LogP contribution in [0.3, 0.4) is 0 Å². The van der Waals surface area contributed by atoms with E-state index >= 15 is 0 Å². The van der Waals surface area contributed by atoms with E-state index < -0.39 is 9.84 Å². The number of aromatic nitrogens is 2. The van der Waals surface area contributed by atoms with Crippen molar-refractivity contribution in [1.82, 2.24) is 9.97 Å². The van der Waals surface area contributed by atoms with E-state index in [-0.39, 0.29) is 17.5 Å². The number of nitrogens with zero attached hydrogens (tertiary/aromatic N) is 3. The van der Waals surface area contributed by atoms with Crippen molar-refractivity contribution in [2.24, 2.45) is 0 Å². The van der Waals surface area contributed by atoms with Gasteiger partial charge in [-0.15, -0.1) is 0 Å². The normalized spacial score (nSPS) is 24.4. The summed E-state index contributed by atoms with van der Waals surface area (Å²) in [6, 6.07) is 1.57. The van der Waals surface area contributed by atoms with Crippen molar-refractivity contribution in [3.8, 4) is 0 Å². The van der Waals surface area contributed by atoms with E-state index in [9.17, 15) is 8.42 Å². The highest BCUT2D eigenvalue weighted by Crippen LogP contribution is 2.20. The zero-order chi connectivity index (χ0) is 11.8. The first-order chi connectivity index (χ1) is 7.48. The van der Waals surface area contributed by atoms with E-state index in [1.165, 1.54) is 6.33 Å². The lowest BCUT2D eigenvalue weighted by atomic mass is 10.3. The van der Waals surface area contributed by atoms with E-state index in [1.807, 2.05) is 11.8 Å². The molecule has 1 fully saturated rings. The molecule has 1 aromatic rings. The maximum atomic E-state index is 11.4. The number of halogens is 1. The summed E-state index contributed by atoms with van der Waals surface area (Å²) in [7, 11) is -2.90. The SMILES string of the molecule is CC1CS(=O)(=O)CCN1c1cc(Cl)ncn1. The van der Waals surface area contributed by atoms with Crippen LogP contribution in [0.25, 0.3) is 0 Å². The van der Waals surface area contributed by atoms with Gasteiger partial charge in [0.25, 0.3) is 0 Å². The van der Waals surface area contributed by atoms with Crippen molar-refractivity contribution >= 4 is 27.3 Å². The van der Waals surface area contributed by atoms with Gasteiger partial charge in [-0.3, -0.25) is 0 Å². The van der Waals surface area contributed by atoms with Gasteiger partial charge in [-0.05, 0) is 6.92 Å². The Morgan fingerprint density at radius 3 is 2.88 bits per heavy atom. The molecule has 0 radical (unpaired) electrons. The maximum absolute atomic E-state index is 11.4. The van der Waals surface area contributed by atoms with Crippen LogP contribution < -0.4 is 4.90 Å². The third-order valence-corrected chi connectivity index (χ3v) is 4.59. The van der Waals surface area contributed by atoms with E-state index in [0.717, 1.165) is 0 Å². The number of hydrogen-bond acceptors (Lipinski definition) is 5. The second kappa shape index (κ2) is 4.18. The van der Waals surface area contributed by atoms with Crippen LogP contribution in [0.1, 0.15) is 6.92 Å². The third-order valence-electron chi connectivity index (χ3n) is 2.58. The first-order valence-electron chi connectivity index (χ1n) is 4.92. The summed E-state index contributed by atoms with van der Waals surface area (Å²) in [5.41, 5.74) is 0. The number of sulfone groups is 1. The lowest BCUT2D eigenvalue weighted by Gasteiger charge is -2.33. The van der Waals surface area contributed by atoms with Crippen molar-refractivity contribution in [2.75, 3.05) is 23.0 Å². The third kappa shape index (κ3) is 2.44. The van der Waals surface area contributed by atoms with E-state index in [1.54, 1.807) is 6.07 Å². The molecule has 0 aliphatic carbocycles. The predicted octanol–water partition coefficient (Wildman–Crippen LogP) is 0.753. The molecule has 0 spiro atoms. The van der Waals surface area contributed by atoms with Gasteiger partial charge in [0.2, 0.25) is 0 Å². The molecule has 1 atom stereocenters. The molecule has 5 nitrogen and oxygen atoms in total. The molecule has 1 unspecified atom stereocenters. The quantitative estimate of drug-likeness (QED) is 0.698. The van der Waals surface area contributed by atoms with Crippen LogP contribution in [0.5, 0.6) is 0 Å². The summed E-state index contributed by atoms with van der Waals surface area (Å²) in [6.07, 6.45) is 1.38. The van der Waals surface area contributed by atoms with Crippen molar-refractivity contribution in [1.29, 1.82) is 0 Å². The number of anilines is 1. The van der Waals surface area contributed by atoms with Crippen LogP contribution in [0.4, 0.5) is 5.82 Å². The minimum atomic E-state index is -2.90. The smallest absolute Gasteiger partial charge is 0.154 e. The Morgan fingerprint density at radius 1 is 1.50 bits per heavy atom. The average Bonchev–Trinajstić information content (AvgIpc) is 2.15. The molecule has 1 aliphatic rings. The molecule has 0 aromatic carbocycles. The molecule has 1 aromatic heterocycles. The van der Waals surface area contributed by atoms with Gasteiger partial charge in [-0.2, -0.15) is 0 Å². The highest BCUT2D eigenvalue weighted by Gasteiger charge is 2.28. The van der Waals surface area contributed by atoms with Crippen molar-refractivity contribution in [2.45, 2.75) is 13.0 Å². The molecule has 1 saturated heterocycles. The molecule has 0 saturated carbocycles. The Kier molecular flexibility index (Phi) is 3.03. The summed E-state index contributed by atoms with van der Waals surface area (Å²) < 4.78 is 22.8. The molecule has 2 heterocycles. The summed E-state index contributed by atoms with van der Waals surface area (Å²) in [6.45, 7) is 2.32. The minimum Gasteiger partial charge on any atom is -0.352 e. The van der Waals surface area contributed by atoms with Crippen LogP contribution in [0.15, 0.2) is 12.4 Å². The van der Waals surface area contributed by atoms with Gasteiger partial charge >= 0.3 is 0 Å². The van der Waals surface area contributed by atoms with E-state index in [0.29, 0.717) is 17.5 Å². The van der Waals surface area contributed by atoms with Crippen LogP contribution in [0.2, 0.25) is 5.15 Å². The predicted molar refractivity (Wildman–Crippen MR) is 62.5 cm³/mol.